The van der Waals surface area contributed by atoms with Crippen molar-refractivity contribution in [3.63, 3.8) is 0 Å². The van der Waals surface area contributed by atoms with Crippen molar-refractivity contribution < 1.29 is 18.0 Å². The molecule has 0 saturated carbocycles. The Bertz CT molecular complexity index is 1060. The third kappa shape index (κ3) is 3.89. The molecule has 0 unspecified atom stereocenters. The summed E-state index contributed by atoms with van der Waals surface area (Å²) in [6.45, 7) is 1.89. The van der Waals surface area contributed by atoms with Gasteiger partial charge in [0, 0.05) is 11.1 Å². The van der Waals surface area contributed by atoms with Crippen LogP contribution in [0.4, 0.5) is 4.39 Å². The predicted molar refractivity (Wildman–Crippen MR) is 100 cm³/mol. The fraction of sp³-hybridized carbons (Fsp3) is 0.158. The summed E-state index contributed by atoms with van der Waals surface area (Å²) in [6.07, 6.45) is 0. The molecule has 0 saturated heterocycles. The number of ether oxygens (including phenoxy) is 1. The average molecular weight is 398 g/mol. The third-order valence-corrected chi connectivity index (χ3v) is 4.82. The lowest BCUT2D eigenvalue weighted by Gasteiger charge is -2.02. The molecule has 2 aromatic heterocycles. The van der Waals surface area contributed by atoms with Crippen LogP contribution >= 0.6 is 11.8 Å². The molecular formula is C19H15FN4O3S. The first-order valence-electron chi connectivity index (χ1n) is 8.36. The van der Waals surface area contributed by atoms with Crippen LogP contribution in [0, 0.1) is 5.82 Å². The van der Waals surface area contributed by atoms with Crippen LogP contribution in [0.25, 0.3) is 22.9 Å². The van der Waals surface area contributed by atoms with Crippen molar-refractivity contribution in [1.82, 2.24) is 20.4 Å². The minimum absolute atomic E-state index is 0.203. The molecule has 0 N–H and O–H groups in total. The monoisotopic (exact) mass is 398 g/mol. The summed E-state index contributed by atoms with van der Waals surface area (Å²) in [6, 6.07) is 13.2. The summed E-state index contributed by atoms with van der Waals surface area (Å²) in [4.78, 5) is 0. The van der Waals surface area contributed by atoms with E-state index in [9.17, 15) is 4.39 Å². The van der Waals surface area contributed by atoms with E-state index in [1.54, 1.807) is 19.2 Å². The lowest BCUT2D eigenvalue weighted by atomic mass is 10.2. The standard InChI is InChI=1S/C19H15FN4O3S/c1-11(16-21-22-17(26-16)12-3-7-14(20)8-4-12)28-19-24-23-18(27-19)13-5-9-15(25-2)10-6-13/h3-11H,1-2H3/t11-/m0/s1. The van der Waals surface area contributed by atoms with Gasteiger partial charge in [0.25, 0.3) is 5.22 Å². The van der Waals surface area contributed by atoms with Gasteiger partial charge in [0.15, 0.2) is 0 Å². The Morgan fingerprint density at radius 1 is 0.857 bits per heavy atom. The molecular weight excluding hydrogens is 383 g/mol. The summed E-state index contributed by atoms with van der Waals surface area (Å²) >= 11 is 1.31. The molecule has 4 aromatic rings. The lowest BCUT2D eigenvalue weighted by Crippen LogP contribution is -1.88. The molecule has 0 amide bonds. The smallest absolute Gasteiger partial charge is 0.277 e. The van der Waals surface area contributed by atoms with E-state index in [4.69, 9.17) is 13.6 Å². The van der Waals surface area contributed by atoms with Crippen LogP contribution in [-0.4, -0.2) is 27.5 Å². The number of aromatic nitrogens is 4. The topological polar surface area (TPSA) is 87.1 Å². The number of methoxy groups -OCH3 is 1. The number of thioether (sulfide) groups is 1. The molecule has 28 heavy (non-hydrogen) atoms. The molecule has 0 bridgehead atoms. The summed E-state index contributed by atoms with van der Waals surface area (Å²) in [5, 5.41) is 16.4. The lowest BCUT2D eigenvalue weighted by molar-refractivity contribution is 0.414. The van der Waals surface area contributed by atoms with Crippen molar-refractivity contribution in [2.24, 2.45) is 0 Å². The van der Waals surface area contributed by atoms with Crippen molar-refractivity contribution in [3.8, 4) is 28.7 Å². The summed E-state index contributed by atoms with van der Waals surface area (Å²) in [7, 11) is 1.61. The largest absolute Gasteiger partial charge is 0.497 e. The molecule has 9 heteroatoms. The number of hydrogen-bond acceptors (Lipinski definition) is 8. The molecule has 0 spiro atoms. The Morgan fingerprint density at radius 3 is 2.14 bits per heavy atom. The van der Waals surface area contributed by atoms with E-state index in [0.29, 0.717) is 28.5 Å². The number of benzene rings is 2. The quantitative estimate of drug-likeness (QED) is 0.429. The summed E-state index contributed by atoms with van der Waals surface area (Å²) in [5.74, 6) is 1.58. The van der Waals surface area contributed by atoms with Crippen molar-refractivity contribution in [1.29, 1.82) is 0 Å². The van der Waals surface area contributed by atoms with Gasteiger partial charge in [0.05, 0.1) is 12.4 Å². The van der Waals surface area contributed by atoms with Gasteiger partial charge in [-0.3, -0.25) is 0 Å². The van der Waals surface area contributed by atoms with Gasteiger partial charge in [-0.1, -0.05) is 11.8 Å². The van der Waals surface area contributed by atoms with Crippen LogP contribution in [-0.2, 0) is 0 Å². The molecule has 0 radical (unpaired) electrons. The second-order valence-electron chi connectivity index (χ2n) is 5.81. The second-order valence-corrected chi connectivity index (χ2v) is 7.11. The normalized spacial score (nSPS) is 12.1. The van der Waals surface area contributed by atoms with E-state index in [2.05, 4.69) is 20.4 Å². The van der Waals surface area contributed by atoms with E-state index in [-0.39, 0.29) is 11.1 Å². The maximum absolute atomic E-state index is 13.0. The summed E-state index contributed by atoms with van der Waals surface area (Å²) in [5.41, 5.74) is 1.45. The maximum Gasteiger partial charge on any atom is 0.277 e. The molecule has 4 rings (SSSR count). The first-order chi connectivity index (χ1) is 13.6. The highest BCUT2D eigenvalue weighted by atomic mass is 32.2. The average Bonchev–Trinajstić information content (AvgIpc) is 3.39. The predicted octanol–water partition coefficient (Wildman–Crippen LogP) is 4.79. The second kappa shape index (κ2) is 7.81. The summed E-state index contributed by atoms with van der Waals surface area (Å²) < 4.78 is 29.6. The molecule has 2 heterocycles. The molecule has 0 aliphatic rings. The Balaban J connectivity index is 1.46. The molecule has 0 aliphatic carbocycles. The van der Waals surface area contributed by atoms with Gasteiger partial charge in [-0.2, -0.15) is 0 Å². The Kier molecular flexibility index (Phi) is 5.07. The zero-order valence-corrected chi connectivity index (χ0v) is 15.8. The van der Waals surface area contributed by atoms with Gasteiger partial charge in [0.1, 0.15) is 11.6 Å². The molecule has 0 aliphatic heterocycles. The van der Waals surface area contributed by atoms with E-state index >= 15 is 0 Å². The first kappa shape index (κ1) is 18.2. The highest BCUT2D eigenvalue weighted by molar-refractivity contribution is 7.99. The minimum Gasteiger partial charge on any atom is -0.497 e. The van der Waals surface area contributed by atoms with Crippen molar-refractivity contribution in [3.05, 3.63) is 60.2 Å². The van der Waals surface area contributed by atoms with Crippen molar-refractivity contribution in [2.75, 3.05) is 7.11 Å². The van der Waals surface area contributed by atoms with Crippen LogP contribution in [0.15, 0.2) is 62.6 Å². The van der Waals surface area contributed by atoms with Crippen molar-refractivity contribution in [2.45, 2.75) is 17.4 Å². The van der Waals surface area contributed by atoms with Crippen LogP contribution in [0.5, 0.6) is 5.75 Å². The van der Waals surface area contributed by atoms with E-state index in [0.717, 1.165) is 11.3 Å². The fourth-order valence-electron chi connectivity index (χ4n) is 2.42. The van der Waals surface area contributed by atoms with Gasteiger partial charge in [-0.25, -0.2) is 4.39 Å². The van der Waals surface area contributed by atoms with Gasteiger partial charge in [0.2, 0.25) is 17.7 Å². The highest BCUT2D eigenvalue weighted by Crippen LogP contribution is 2.35. The highest BCUT2D eigenvalue weighted by Gasteiger charge is 2.20. The van der Waals surface area contributed by atoms with Gasteiger partial charge >= 0.3 is 0 Å². The molecule has 7 nitrogen and oxygen atoms in total. The SMILES string of the molecule is COc1ccc(-c2nnc(S[C@@H](C)c3nnc(-c4ccc(F)cc4)o3)o2)cc1. The zero-order chi connectivity index (χ0) is 19.5. The number of hydrogen-bond donors (Lipinski definition) is 0. The van der Waals surface area contributed by atoms with Gasteiger partial charge in [-0.05, 0) is 55.5 Å². The molecule has 2 aromatic carbocycles. The Hall–Kier alpha value is -3.20. The Morgan fingerprint density at radius 2 is 1.46 bits per heavy atom. The van der Waals surface area contributed by atoms with E-state index < -0.39 is 0 Å². The van der Waals surface area contributed by atoms with Gasteiger partial charge < -0.3 is 13.6 Å². The van der Waals surface area contributed by atoms with Crippen LogP contribution in [0.1, 0.15) is 18.1 Å². The molecule has 1 atom stereocenters. The van der Waals surface area contributed by atoms with E-state index in [1.165, 1.54) is 23.9 Å². The third-order valence-electron chi connectivity index (χ3n) is 3.90. The van der Waals surface area contributed by atoms with Crippen molar-refractivity contribution >= 4 is 11.8 Å². The maximum atomic E-state index is 13.0. The zero-order valence-electron chi connectivity index (χ0n) is 15.0. The van der Waals surface area contributed by atoms with Gasteiger partial charge in [-0.15, -0.1) is 20.4 Å². The minimum atomic E-state index is -0.323. The number of nitrogens with zero attached hydrogens (tertiary/aromatic N) is 4. The number of halogens is 1. The fourth-order valence-corrected chi connectivity index (χ4v) is 3.13. The number of rotatable bonds is 6. The van der Waals surface area contributed by atoms with Crippen LogP contribution < -0.4 is 4.74 Å². The first-order valence-corrected chi connectivity index (χ1v) is 9.24. The van der Waals surface area contributed by atoms with E-state index in [1.807, 2.05) is 31.2 Å². The molecule has 0 fully saturated rings. The van der Waals surface area contributed by atoms with Crippen LogP contribution in [0.3, 0.4) is 0 Å². The Labute approximate surface area is 164 Å². The van der Waals surface area contributed by atoms with Crippen LogP contribution in [0.2, 0.25) is 0 Å². The molecule has 142 valence electrons.